The molecular weight excluding hydrogens is 240 g/mol. The Hall–Kier alpha value is -0.910. The molecule has 0 aromatic carbocycles. The van der Waals surface area contributed by atoms with E-state index in [-0.39, 0.29) is 12.1 Å². The average molecular weight is 262 g/mol. The minimum Gasteiger partial charge on any atom is -0.480 e. The molecule has 0 saturated heterocycles. The van der Waals surface area contributed by atoms with Gasteiger partial charge in [-0.15, -0.1) is 0 Å². The number of aliphatic carboxylic acids is 1. The van der Waals surface area contributed by atoms with Crippen molar-refractivity contribution in [3.8, 4) is 0 Å². The summed E-state index contributed by atoms with van der Waals surface area (Å²) in [5.41, 5.74) is -1.25. The Labute approximate surface area is 107 Å². The lowest BCUT2D eigenvalue weighted by molar-refractivity contribution is -0.143. The van der Waals surface area contributed by atoms with Gasteiger partial charge in [-0.25, -0.2) is 9.59 Å². The fourth-order valence-corrected chi connectivity index (χ4v) is 2.11. The number of thioether (sulfide) groups is 1. The molecule has 0 radical (unpaired) electrons. The smallest absolute Gasteiger partial charge is 0.328 e. The van der Waals surface area contributed by atoms with Gasteiger partial charge in [-0.2, -0.15) is 11.8 Å². The molecule has 0 spiro atoms. The molecule has 0 bridgehead atoms. The van der Waals surface area contributed by atoms with Crippen molar-refractivity contribution in [2.45, 2.75) is 38.8 Å². The molecule has 100 valence electrons. The van der Waals surface area contributed by atoms with E-state index in [0.717, 1.165) is 12.2 Å². The highest BCUT2D eigenvalue weighted by Crippen LogP contribution is 2.10. The molecule has 0 rings (SSSR count). The van der Waals surface area contributed by atoms with Crippen LogP contribution in [0.3, 0.4) is 0 Å². The van der Waals surface area contributed by atoms with Crippen molar-refractivity contribution < 1.29 is 14.7 Å². The molecule has 1 unspecified atom stereocenters. The van der Waals surface area contributed by atoms with Gasteiger partial charge in [-0.05, 0) is 26.5 Å². The van der Waals surface area contributed by atoms with Crippen molar-refractivity contribution in [2.24, 2.45) is 0 Å². The number of hydrogen-bond donors (Lipinski definition) is 2. The second-order valence-corrected chi connectivity index (χ2v) is 5.40. The van der Waals surface area contributed by atoms with Gasteiger partial charge in [-0.1, -0.05) is 6.92 Å². The number of carbonyl (C=O) groups is 2. The van der Waals surface area contributed by atoms with Crippen molar-refractivity contribution in [3.05, 3.63) is 0 Å². The number of rotatable bonds is 6. The maximum absolute atomic E-state index is 11.9. The largest absolute Gasteiger partial charge is 0.480 e. The van der Waals surface area contributed by atoms with E-state index in [0.29, 0.717) is 0 Å². The van der Waals surface area contributed by atoms with Crippen LogP contribution in [0.15, 0.2) is 0 Å². The van der Waals surface area contributed by atoms with E-state index in [9.17, 15) is 9.59 Å². The summed E-state index contributed by atoms with van der Waals surface area (Å²) in [7, 11) is 1.69. The monoisotopic (exact) mass is 262 g/mol. The molecule has 17 heavy (non-hydrogen) atoms. The summed E-state index contributed by atoms with van der Waals surface area (Å²) in [4.78, 5) is 24.4. The van der Waals surface area contributed by atoms with Gasteiger partial charge in [0.1, 0.15) is 5.54 Å². The molecule has 0 aliphatic rings. The second-order valence-electron chi connectivity index (χ2n) is 4.49. The molecule has 0 aromatic heterocycles. The van der Waals surface area contributed by atoms with Crippen LogP contribution >= 0.6 is 11.8 Å². The van der Waals surface area contributed by atoms with E-state index in [1.54, 1.807) is 23.7 Å². The third-order valence-electron chi connectivity index (χ3n) is 2.65. The Morgan fingerprint density at radius 1 is 1.47 bits per heavy atom. The number of nitrogens with zero attached hydrogens (tertiary/aromatic N) is 1. The van der Waals surface area contributed by atoms with E-state index < -0.39 is 11.5 Å². The fourth-order valence-electron chi connectivity index (χ4n) is 1.27. The summed E-state index contributed by atoms with van der Waals surface area (Å²) >= 11 is 1.67. The van der Waals surface area contributed by atoms with Crippen molar-refractivity contribution in [1.29, 1.82) is 0 Å². The topological polar surface area (TPSA) is 69.6 Å². The van der Waals surface area contributed by atoms with Crippen LogP contribution in [0.1, 0.15) is 27.2 Å². The third-order valence-corrected chi connectivity index (χ3v) is 3.37. The van der Waals surface area contributed by atoms with Gasteiger partial charge in [-0.3, -0.25) is 0 Å². The van der Waals surface area contributed by atoms with E-state index in [2.05, 4.69) is 5.32 Å². The number of hydrogen-bond acceptors (Lipinski definition) is 3. The molecule has 2 N–H and O–H groups in total. The summed E-state index contributed by atoms with van der Waals surface area (Å²) in [6.07, 6.45) is 2.83. The lowest BCUT2D eigenvalue weighted by Gasteiger charge is -2.30. The van der Waals surface area contributed by atoms with Crippen molar-refractivity contribution >= 4 is 23.8 Å². The lowest BCUT2D eigenvalue weighted by Crippen LogP contribution is -2.55. The molecule has 0 heterocycles. The minimum atomic E-state index is -1.25. The zero-order valence-corrected chi connectivity index (χ0v) is 11.9. The first-order valence-corrected chi connectivity index (χ1v) is 6.93. The van der Waals surface area contributed by atoms with Gasteiger partial charge >= 0.3 is 12.0 Å². The number of urea groups is 1. The van der Waals surface area contributed by atoms with Crippen LogP contribution in [0.25, 0.3) is 0 Å². The quantitative estimate of drug-likeness (QED) is 0.763. The Morgan fingerprint density at radius 3 is 2.35 bits per heavy atom. The highest BCUT2D eigenvalue weighted by molar-refractivity contribution is 7.98. The fraction of sp³-hybridized carbons (Fsp3) is 0.818. The third kappa shape index (κ3) is 4.85. The van der Waals surface area contributed by atoms with Crippen LogP contribution in [0.4, 0.5) is 4.79 Å². The maximum atomic E-state index is 11.9. The van der Waals surface area contributed by atoms with Gasteiger partial charge in [0.2, 0.25) is 0 Å². The molecular formula is C11H22N2O3S. The second kappa shape index (κ2) is 6.74. The Balaban J connectivity index is 4.54. The number of nitrogens with one attached hydrogen (secondary N) is 1. The number of carbonyl (C=O) groups excluding carboxylic acids is 1. The predicted molar refractivity (Wildman–Crippen MR) is 70.5 cm³/mol. The summed E-state index contributed by atoms with van der Waals surface area (Å²) in [5.74, 6) is -0.203. The molecule has 2 amide bonds. The maximum Gasteiger partial charge on any atom is 0.328 e. The zero-order valence-electron chi connectivity index (χ0n) is 11.1. The average Bonchev–Trinajstić information content (AvgIpc) is 2.24. The highest BCUT2D eigenvalue weighted by Gasteiger charge is 2.31. The number of carboxylic acid groups (broad SMARTS) is 1. The normalized spacial score (nSPS) is 13.0. The van der Waals surface area contributed by atoms with Crippen molar-refractivity contribution in [3.63, 3.8) is 0 Å². The summed E-state index contributed by atoms with van der Waals surface area (Å²) in [6, 6.07) is -0.229. The molecule has 0 saturated carbocycles. The van der Waals surface area contributed by atoms with Gasteiger partial charge in [0.15, 0.2) is 0 Å². The minimum absolute atomic E-state index is 0.120. The number of carboxylic acids is 1. The van der Waals surface area contributed by atoms with Crippen LogP contribution in [-0.4, -0.2) is 52.6 Å². The van der Waals surface area contributed by atoms with E-state index in [4.69, 9.17) is 5.11 Å². The molecule has 0 fully saturated rings. The Kier molecular flexibility index (Phi) is 6.37. The lowest BCUT2D eigenvalue weighted by atomic mass is 10.1. The molecule has 0 aliphatic carbocycles. The van der Waals surface area contributed by atoms with Crippen LogP contribution in [0, 0.1) is 0 Å². The molecule has 0 aromatic rings. The van der Waals surface area contributed by atoms with Gasteiger partial charge in [0, 0.05) is 18.8 Å². The van der Waals surface area contributed by atoms with Crippen LogP contribution in [-0.2, 0) is 4.79 Å². The summed E-state index contributed by atoms with van der Waals surface area (Å²) in [6.45, 7) is 4.94. The van der Waals surface area contributed by atoms with Gasteiger partial charge < -0.3 is 15.3 Å². The first-order chi connectivity index (χ1) is 7.76. The van der Waals surface area contributed by atoms with Gasteiger partial charge in [0.05, 0.1) is 0 Å². The summed E-state index contributed by atoms with van der Waals surface area (Å²) in [5, 5.41) is 11.4. The van der Waals surface area contributed by atoms with Crippen molar-refractivity contribution in [2.75, 3.05) is 19.1 Å². The first kappa shape index (κ1) is 16.1. The van der Waals surface area contributed by atoms with E-state index in [1.165, 1.54) is 13.8 Å². The van der Waals surface area contributed by atoms with Crippen LogP contribution in [0.2, 0.25) is 0 Å². The van der Waals surface area contributed by atoms with Crippen LogP contribution in [0.5, 0.6) is 0 Å². The molecule has 0 aliphatic heterocycles. The molecule has 1 atom stereocenters. The molecule has 6 heteroatoms. The summed E-state index contributed by atoms with van der Waals surface area (Å²) < 4.78 is 0. The Bertz CT molecular complexity index is 282. The standard InChI is InChI=1S/C11H22N2O3S/c1-6-8(7-17-5)13(4)10(16)12-11(2,3)9(14)15/h8H,6-7H2,1-5H3,(H,12,16)(H,14,15). The Morgan fingerprint density at radius 2 is 2.00 bits per heavy atom. The van der Waals surface area contributed by atoms with Gasteiger partial charge in [0.25, 0.3) is 0 Å². The van der Waals surface area contributed by atoms with Crippen LogP contribution < -0.4 is 5.32 Å². The highest BCUT2D eigenvalue weighted by atomic mass is 32.2. The van der Waals surface area contributed by atoms with E-state index in [1.807, 2.05) is 13.2 Å². The van der Waals surface area contributed by atoms with Crippen molar-refractivity contribution in [1.82, 2.24) is 10.2 Å². The number of amides is 2. The predicted octanol–water partition coefficient (Wildman–Crippen LogP) is 1.63. The SMILES string of the molecule is CCC(CSC)N(C)C(=O)NC(C)(C)C(=O)O. The zero-order chi connectivity index (χ0) is 13.6. The first-order valence-electron chi connectivity index (χ1n) is 5.53. The van der Waals surface area contributed by atoms with E-state index >= 15 is 0 Å². The molecule has 5 nitrogen and oxygen atoms in total.